The zero-order valence-electron chi connectivity index (χ0n) is 10.0. The number of hydrogen-bond donors (Lipinski definition) is 0. The molecule has 17 heavy (non-hydrogen) atoms. The second-order valence-electron chi connectivity index (χ2n) is 4.78. The van der Waals surface area contributed by atoms with Gasteiger partial charge in [-0.1, -0.05) is 40.2 Å². The van der Waals surface area contributed by atoms with Gasteiger partial charge < -0.3 is 0 Å². The number of rotatable bonds is 2. The zero-order valence-corrected chi connectivity index (χ0v) is 12.4. The first-order chi connectivity index (χ1) is 8.16. The number of hydrogen-bond acceptors (Lipinski definition) is 1. The molecule has 1 aromatic heterocycles. The van der Waals surface area contributed by atoms with Crippen LogP contribution in [-0.2, 0) is 6.42 Å². The number of thiophene rings is 1. The molecule has 0 spiro atoms. The Morgan fingerprint density at radius 3 is 2.71 bits per heavy atom. The summed E-state index contributed by atoms with van der Waals surface area (Å²) in [7, 11) is 0. The lowest BCUT2D eigenvalue weighted by molar-refractivity contribution is 0.599. The number of halogens is 1. The summed E-state index contributed by atoms with van der Waals surface area (Å²) in [4.78, 5) is 3.34. The fourth-order valence-electron chi connectivity index (χ4n) is 2.70. The van der Waals surface area contributed by atoms with Crippen LogP contribution in [0.5, 0.6) is 0 Å². The van der Waals surface area contributed by atoms with Crippen LogP contribution < -0.4 is 0 Å². The van der Waals surface area contributed by atoms with Crippen molar-refractivity contribution in [2.45, 2.75) is 31.0 Å². The normalized spacial score (nSPS) is 19.6. The van der Waals surface area contributed by atoms with Crippen LogP contribution in [0.1, 0.15) is 37.2 Å². The highest BCUT2D eigenvalue weighted by atomic mass is 79.9. The molecule has 2 atom stereocenters. The molecule has 0 amide bonds. The van der Waals surface area contributed by atoms with E-state index in [4.69, 9.17) is 0 Å². The molecule has 1 aromatic carbocycles. The maximum absolute atomic E-state index is 3.90. The van der Waals surface area contributed by atoms with Gasteiger partial charge in [0.15, 0.2) is 0 Å². The van der Waals surface area contributed by atoms with Crippen molar-refractivity contribution in [1.82, 2.24) is 0 Å². The summed E-state index contributed by atoms with van der Waals surface area (Å²) in [6.07, 6.45) is 1.21. The summed E-state index contributed by atoms with van der Waals surface area (Å²) in [5, 5.41) is 0. The Bertz CT molecular complexity index is 556. The van der Waals surface area contributed by atoms with Gasteiger partial charge in [-0.25, -0.2) is 0 Å². The molecule has 1 aliphatic rings. The van der Waals surface area contributed by atoms with Gasteiger partial charge in [-0.2, -0.15) is 0 Å². The minimum absolute atomic E-state index is 0.474. The van der Waals surface area contributed by atoms with Gasteiger partial charge in [0.2, 0.25) is 0 Å². The molecule has 1 aliphatic carbocycles. The highest BCUT2D eigenvalue weighted by molar-refractivity contribution is 9.09. The lowest BCUT2D eigenvalue weighted by atomic mass is 9.74. The van der Waals surface area contributed by atoms with Gasteiger partial charge in [0, 0.05) is 20.5 Å². The molecule has 3 rings (SSSR count). The largest absolute Gasteiger partial charge is 0.146 e. The van der Waals surface area contributed by atoms with E-state index in [9.17, 15) is 0 Å². The lowest BCUT2D eigenvalue weighted by Gasteiger charge is -2.34. The lowest BCUT2D eigenvalue weighted by Crippen LogP contribution is -2.20. The zero-order chi connectivity index (χ0) is 12.0. The molecule has 0 N–H and O–H groups in total. The quantitative estimate of drug-likeness (QED) is 0.674. The molecule has 0 bridgehead atoms. The second-order valence-corrected chi connectivity index (χ2v) is 7.23. The molecule has 0 aliphatic heterocycles. The highest BCUT2D eigenvalue weighted by Crippen LogP contribution is 2.49. The third kappa shape index (κ3) is 1.88. The summed E-state index contributed by atoms with van der Waals surface area (Å²) < 4.78 is 0. The summed E-state index contributed by atoms with van der Waals surface area (Å²) in [5.74, 6) is 0.652. The number of aryl methyl sites for hydroxylation is 2. The Hall–Kier alpha value is -0.600. The van der Waals surface area contributed by atoms with Crippen LogP contribution in [0.15, 0.2) is 30.3 Å². The van der Waals surface area contributed by atoms with E-state index < -0.39 is 0 Å². The van der Waals surface area contributed by atoms with Crippen molar-refractivity contribution in [2.24, 2.45) is 0 Å². The van der Waals surface area contributed by atoms with E-state index in [-0.39, 0.29) is 0 Å². The third-order valence-electron chi connectivity index (χ3n) is 3.62. The monoisotopic (exact) mass is 306 g/mol. The fourth-order valence-corrected chi connectivity index (χ4v) is 4.77. The van der Waals surface area contributed by atoms with Crippen molar-refractivity contribution in [3.05, 3.63) is 56.8 Å². The third-order valence-corrected chi connectivity index (χ3v) is 5.74. The van der Waals surface area contributed by atoms with Crippen molar-refractivity contribution >= 4 is 27.3 Å². The summed E-state index contributed by atoms with van der Waals surface area (Å²) in [6, 6.07) is 11.1. The number of fused-ring (bicyclic) bond motifs is 1. The number of alkyl halides is 1. The van der Waals surface area contributed by atoms with Crippen LogP contribution in [0, 0.1) is 13.8 Å². The molecule has 2 heteroatoms. The molecule has 2 unspecified atom stereocenters. The molecule has 0 nitrogen and oxygen atoms in total. The van der Waals surface area contributed by atoms with E-state index in [1.165, 1.54) is 32.9 Å². The molecular formula is C15H15BrS. The van der Waals surface area contributed by atoms with Crippen LogP contribution in [0.3, 0.4) is 0 Å². The van der Waals surface area contributed by atoms with Crippen LogP contribution in [-0.4, -0.2) is 0 Å². The van der Waals surface area contributed by atoms with Crippen LogP contribution in [0.4, 0.5) is 0 Å². The first-order valence-corrected chi connectivity index (χ1v) is 7.69. The first kappa shape index (κ1) is 11.5. The van der Waals surface area contributed by atoms with E-state index >= 15 is 0 Å². The van der Waals surface area contributed by atoms with Crippen molar-refractivity contribution in [3.8, 4) is 0 Å². The van der Waals surface area contributed by atoms with Crippen LogP contribution in [0.2, 0.25) is 0 Å². The minimum atomic E-state index is 0.474. The average molecular weight is 307 g/mol. The van der Waals surface area contributed by atoms with Crippen LogP contribution in [0.25, 0.3) is 0 Å². The van der Waals surface area contributed by atoms with E-state index in [0.29, 0.717) is 10.7 Å². The van der Waals surface area contributed by atoms with Crippen molar-refractivity contribution in [2.75, 3.05) is 0 Å². The molecular weight excluding hydrogens is 292 g/mol. The summed E-state index contributed by atoms with van der Waals surface area (Å²) >= 11 is 5.80. The van der Waals surface area contributed by atoms with Gasteiger partial charge >= 0.3 is 0 Å². The maximum atomic E-state index is 3.90. The van der Waals surface area contributed by atoms with E-state index in [1.54, 1.807) is 0 Å². The molecule has 0 saturated carbocycles. The van der Waals surface area contributed by atoms with Gasteiger partial charge in [-0.05, 0) is 43.0 Å². The predicted octanol–water partition coefficient (Wildman–Crippen LogP) is 5.14. The van der Waals surface area contributed by atoms with Crippen molar-refractivity contribution in [1.29, 1.82) is 0 Å². The maximum Gasteiger partial charge on any atom is 0.0478 e. The Kier molecular flexibility index (Phi) is 2.87. The van der Waals surface area contributed by atoms with Gasteiger partial charge in [-0.15, -0.1) is 11.3 Å². The Morgan fingerprint density at radius 2 is 2.06 bits per heavy atom. The van der Waals surface area contributed by atoms with Gasteiger partial charge in [0.25, 0.3) is 0 Å². The average Bonchev–Trinajstić information content (AvgIpc) is 2.59. The molecule has 2 aromatic rings. The standard InChI is InChI=1S/C15H15BrS/c1-9-7-13(10(2)17-9)15(16)14-8-11-5-3-4-6-12(11)14/h3-7,14-15H,8H2,1-2H3. The van der Waals surface area contributed by atoms with E-state index in [0.717, 1.165) is 0 Å². The summed E-state index contributed by atoms with van der Waals surface area (Å²) in [5.41, 5.74) is 4.52. The predicted molar refractivity (Wildman–Crippen MR) is 78.3 cm³/mol. The van der Waals surface area contributed by atoms with Gasteiger partial charge in [0.1, 0.15) is 0 Å². The molecule has 88 valence electrons. The van der Waals surface area contributed by atoms with Crippen LogP contribution >= 0.6 is 27.3 Å². The topological polar surface area (TPSA) is 0 Å². The fraction of sp³-hybridized carbons (Fsp3) is 0.333. The van der Waals surface area contributed by atoms with Gasteiger partial charge in [0.05, 0.1) is 0 Å². The summed E-state index contributed by atoms with van der Waals surface area (Å²) in [6.45, 7) is 4.42. The van der Waals surface area contributed by atoms with E-state index in [1.807, 2.05) is 11.3 Å². The van der Waals surface area contributed by atoms with E-state index in [2.05, 4.69) is 60.1 Å². The Labute approximate surface area is 115 Å². The van der Waals surface area contributed by atoms with Crippen molar-refractivity contribution in [3.63, 3.8) is 0 Å². The Morgan fingerprint density at radius 1 is 1.29 bits per heavy atom. The molecule has 0 saturated heterocycles. The molecule has 0 radical (unpaired) electrons. The van der Waals surface area contributed by atoms with Gasteiger partial charge in [-0.3, -0.25) is 0 Å². The smallest absolute Gasteiger partial charge is 0.0478 e. The highest BCUT2D eigenvalue weighted by Gasteiger charge is 2.33. The molecule has 1 heterocycles. The first-order valence-electron chi connectivity index (χ1n) is 5.95. The second kappa shape index (κ2) is 4.25. The number of benzene rings is 1. The molecule has 0 fully saturated rings. The van der Waals surface area contributed by atoms with Crippen molar-refractivity contribution < 1.29 is 0 Å². The minimum Gasteiger partial charge on any atom is -0.146 e. The Balaban J connectivity index is 1.91. The SMILES string of the molecule is Cc1cc(C(Br)C2Cc3ccccc32)c(C)s1.